The minimum absolute atomic E-state index is 0.501. The Hall–Kier alpha value is -0.160. The van der Waals surface area contributed by atoms with Crippen LogP contribution in [0.5, 0.6) is 0 Å². The van der Waals surface area contributed by atoms with E-state index in [-0.39, 0.29) is 0 Å². The van der Waals surface area contributed by atoms with Gasteiger partial charge in [0.1, 0.15) is 0 Å². The maximum atomic E-state index is 6.00. The molecule has 0 spiro atoms. The molecule has 2 fully saturated rings. The molecule has 0 aliphatic carbocycles. The van der Waals surface area contributed by atoms with Crippen molar-refractivity contribution in [2.45, 2.75) is 37.8 Å². The van der Waals surface area contributed by atoms with Gasteiger partial charge in [0.2, 0.25) is 0 Å². The van der Waals surface area contributed by atoms with Crippen LogP contribution in [0.1, 0.15) is 25.7 Å². The molecule has 2 aliphatic heterocycles. The fraction of sp³-hybridized carbons (Fsp3) is 1.00. The van der Waals surface area contributed by atoms with Gasteiger partial charge >= 0.3 is 0 Å². The van der Waals surface area contributed by atoms with E-state index in [0.29, 0.717) is 6.10 Å². The summed E-state index contributed by atoms with van der Waals surface area (Å²) in [6.45, 7) is 6.72. The van der Waals surface area contributed by atoms with E-state index in [2.05, 4.69) is 29.2 Å². The minimum atomic E-state index is 0.501. The molecule has 0 bridgehead atoms. The molecule has 2 aliphatic rings. The van der Waals surface area contributed by atoms with Crippen molar-refractivity contribution in [2.24, 2.45) is 0 Å². The Morgan fingerprint density at radius 3 is 2.72 bits per heavy atom. The summed E-state index contributed by atoms with van der Waals surface area (Å²) < 4.78 is 6.00. The lowest BCUT2D eigenvalue weighted by Crippen LogP contribution is -2.40. The molecule has 0 aromatic heterocycles. The van der Waals surface area contributed by atoms with Gasteiger partial charge in [-0.2, -0.15) is 0 Å². The van der Waals surface area contributed by atoms with Crippen molar-refractivity contribution in [3.05, 3.63) is 0 Å². The number of ether oxygens (including phenoxy) is 1. The molecule has 0 radical (unpaired) electrons. The van der Waals surface area contributed by atoms with E-state index in [1.54, 1.807) is 0 Å². The summed E-state index contributed by atoms with van der Waals surface area (Å²) in [6.07, 6.45) is 5.57. The van der Waals surface area contributed by atoms with Crippen LogP contribution in [0, 0.1) is 0 Å². The Kier molecular flexibility index (Phi) is 5.89. The summed E-state index contributed by atoms with van der Waals surface area (Å²) in [6, 6.07) is 0.747. The third-order valence-corrected chi connectivity index (χ3v) is 4.09. The molecule has 0 saturated carbocycles. The van der Waals surface area contributed by atoms with E-state index >= 15 is 0 Å². The summed E-state index contributed by atoms with van der Waals surface area (Å²) in [4.78, 5) is 4.91. The molecule has 0 aromatic carbocycles. The maximum absolute atomic E-state index is 6.00. The zero-order chi connectivity index (χ0) is 12.8. The highest BCUT2D eigenvalue weighted by Gasteiger charge is 2.24. The van der Waals surface area contributed by atoms with Gasteiger partial charge in [0, 0.05) is 19.1 Å². The average molecular weight is 255 g/mol. The quantitative estimate of drug-likeness (QED) is 0.759. The second-order valence-corrected chi connectivity index (χ2v) is 5.91. The molecule has 1 atom stereocenters. The number of piperidine rings is 1. The van der Waals surface area contributed by atoms with Crippen molar-refractivity contribution in [1.82, 2.24) is 15.1 Å². The number of hydrogen-bond donors (Lipinski definition) is 1. The van der Waals surface area contributed by atoms with E-state index in [0.717, 1.165) is 32.3 Å². The molecule has 4 heteroatoms. The van der Waals surface area contributed by atoms with Crippen LogP contribution in [-0.2, 0) is 4.74 Å². The van der Waals surface area contributed by atoms with E-state index in [1.807, 2.05) is 0 Å². The zero-order valence-corrected chi connectivity index (χ0v) is 12.0. The smallest absolute Gasteiger partial charge is 0.0600 e. The van der Waals surface area contributed by atoms with Crippen molar-refractivity contribution in [2.75, 3.05) is 53.4 Å². The SMILES string of the molecule is CN(C)CC1CCCN1CCOC1CCNCC1. The zero-order valence-electron chi connectivity index (χ0n) is 12.0. The van der Waals surface area contributed by atoms with E-state index in [1.165, 1.54) is 38.8 Å². The number of nitrogens with zero attached hydrogens (tertiary/aromatic N) is 2. The number of hydrogen-bond acceptors (Lipinski definition) is 4. The molecule has 1 unspecified atom stereocenters. The third-order valence-electron chi connectivity index (χ3n) is 4.09. The van der Waals surface area contributed by atoms with Crippen LogP contribution in [0.4, 0.5) is 0 Å². The molecule has 106 valence electrons. The first-order valence-corrected chi connectivity index (χ1v) is 7.47. The van der Waals surface area contributed by atoms with Gasteiger partial charge in [0.05, 0.1) is 12.7 Å². The molecule has 0 aromatic rings. The summed E-state index contributed by atoms with van der Waals surface area (Å²) in [5.41, 5.74) is 0. The standard InChI is InChI=1S/C14H29N3O/c1-16(2)12-13-4-3-9-17(13)10-11-18-14-5-7-15-8-6-14/h13-15H,3-12H2,1-2H3. The number of rotatable bonds is 6. The van der Waals surface area contributed by atoms with E-state index < -0.39 is 0 Å². The molecule has 1 N–H and O–H groups in total. The van der Waals surface area contributed by atoms with Gasteiger partial charge in [-0.1, -0.05) is 0 Å². The first-order valence-electron chi connectivity index (χ1n) is 7.47. The number of nitrogens with one attached hydrogen (secondary N) is 1. The first-order chi connectivity index (χ1) is 8.75. The van der Waals surface area contributed by atoms with Gasteiger partial charge in [-0.3, -0.25) is 4.90 Å². The van der Waals surface area contributed by atoms with Crippen molar-refractivity contribution in [3.8, 4) is 0 Å². The number of likely N-dealkylation sites (N-methyl/N-ethyl adjacent to an activating group) is 1. The van der Waals surface area contributed by atoms with Gasteiger partial charge in [-0.15, -0.1) is 0 Å². The van der Waals surface area contributed by atoms with Crippen LogP contribution in [0.3, 0.4) is 0 Å². The molecule has 18 heavy (non-hydrogen) atoms. The lowest BCUT2D eigenvalue weighted by atomic mass is 10.1. The molecule has 0 amide bonds. The van der Waals surface area contributed by atoms with Gasteiger partial charge in [-0.25, -0.2) is 0 Å². The van der Waals surface area contributed by atoms with Crippen LogP contribution < -0.4 is 5.32 Å². The normalized spacial score (nSPS) is 27.2. The summed E-state index contributed by atoms with van der Waals surface area (Å²) in [5, 5.41) is 3.38. The van der Waals surface area contributed by atoms with E-state index in [9.17, 15) is 0 Å². The second kappa shape index (κ2) is 7.43. The second-order valence-electron chi connectivity index (χ2n) is 5.91. The van der Waals surface area contributed by atoms with Crippen molar-refractivity contribution >= 4 is 0 Å². The fourth-order valence-electron chi connectivity index (χ4n) is 3.12. The molecular formula is C14H29N3O. The van der Waals surface area contributed by atoms with Gasteiger partial charge in [0.25, 0.3) is 0 Å². The monoisotopic (exact) mass is 255 g/mol. The molecule has 4 nitrogen and oxygen atoms in total. The van der Waals surface area contributed by atoms with Crippen LogP contribution >= 0.6 is 0 Å². The Morgan fingerprint density at radius 2 is 2.00 bits per heavy atom. The Labute approximate surface area is 112 Å². The summed E-state index contributed by atoms with van der Waals surface area (Å²) in [7, 11) is 4.34. The van der Waals surface area contributed by atoms with Gasteiger partial charge in [-0.05, 0) is 59.4 Å². The predicted molar refractivity (Wildman–Crippen MR) is 75.0 cm³/mol. The van der Waals surface area contributed by atoms with Crippen LogP contribution in [0.15, 0.2) is 0 Å². The van der Waals surface area contributed by atoms with Crippen molar-refractivity contribution in [1.29, 1.82) is 0 Å². The van der Waals surface area contributed by atoms with E-state index in [4.69, 9.17) is 4.74 Å². The van der Waals surface area contributed by atoms with Crippen molar-refractivity contribution in [3.63, 3.8) is 0 Å². The Morgan fingerprint density at radius 1 is 1.22 bits per heavy atom. The Balaban J connectivity index is 1.62. The lowest BCUT2D eigenvalue weighted by Gasteiger charge is -2.28. The van der Waals surface area contributed by atoms with Crippen LogP contribution in [0.25, 0.3) is 0 Å². The average Bonchev–Trinajstić information content (AvgIpc) is 2.77. The third kappa shape index (κ3) is 4.50. The Bertz CT molecular complexity index is 229. The summed E-state index contributed by atoms with van der Waals surface area (Å²) >= 11 is 0. The largest absolute Gasteiger partial charge is 0.377 e. The highest BCUT2D eigenvalue weighted by atomic mass is 16.5. The molecule has 2 saturated heterocycles. The lowest BCUT2D eigenvalue weighted by molar-refractivity contribution is 0.0173. The highest BCUT2D eigenvalue weighted by Crippen LogP contribution is 2.17. The topological polar surface area (TPSA) is 27.7 Å². The fourth-order valence-corrected chi connectivity index (χ4v) is 3.12. The van der Waals surface area contributed by atoms with Gasteiger partial charge < -0.3 is 15.0 Å². The first kappa shape index (κ1) is 14.3. The summed E-state index contributed by atoms with van der Waals surface area (Å²) in [5.74, 6) is 0. The van der Waals surface area contributed by atoms with Crippen LogP contribution in [-0.4, -0.2) is 75.4 Å². The molecular weight excluding hydrogens is 226 g/mol. The predicted octanol–water partition coefficient (Wildman–Crippen LogP) is 0.781. The molecule has 2 rings (SSSR count). The van der Waals surface area contributed by atoms with Crippen molar-refractivity contribution < 1.29 is 4.74 Å². The minimum Gasteiger partial charge on any atom is -0.377 e. The van der Waals surface area contributed by atoms with Crippen LogP contribution in [0.2, 0.25) is 0 Å². The maximum Gasteiger partial charge on any atom is 0.0600 e. The number of likely N-dealkylation sites (tertiary alicyclic amines) is 1. The van der Waals surface area contributed by atoms with Gasteiger partial charge in [0.15, 0.2) is 0 Å². The highest BCUT2D eigenvalue weighted by molar-refractivity contribution is 4.80. The molecule has 2 heterocycles.